The van der Waals surface area contributed by atoms with Crippen LogP contribution in [0, 0.1) is 6.92 Å². The molecule has 36 heavy (non-hydrogen) atoms. The third-order valence-corrected chi connectivity index (χ3v) is 6.94. The first kappa shape index (κ1) is 26.3. The summed E-state index contributed by atoms with van der Waals surface area (Å²) in [6.45, 7) is 5.80. The topological polar surface area (TPSA) is 91.3 Å². The van der Waals surface area contributed by atoms with Crippen molar-refractivity contribution in [2.24, 2.45) is 0 Å². The van der Waals surface area contributed by atoms with E-state index in [9.17, 15) is 14.7 Å². The maximum Gasteiger partial charge on any atom is 0.324 e. The van der Waals surface area contributed by atoms with Crippen LogP contribution in [0.1, 0.15) is 36.8 Å². The normalized spacial score (nSPS) is 20.8. The molecule has 0 aromatic heterocycles. The van der Waals surface area contributed by atoms with Crippen molar-refractivity contribution in [2.45, 2.75) is 44.8 Å². The summed E-state index contributed by atoms with van der Waals surface area (Å²) in [5, 5.41) is 14.0. The van der Waals surface area contributed by atoms with Gasteiger partial charge in [0.15, 0.2) is 0 Å². The Hall–Kier alpha value is -2.81. The number of urea groups is 1. The third-order valence-electron chi connectivity index (χ3n) is 6.63. The smallest absolute Gasteiger partial charge is 0.324 e. The van der Waals surface area contributed by atoms with Crippen molar-refractivity contribution in [2.75, 3.05) is 39.4 Å². The highest BCUT2D eigenvalue weighted by Crippen LogP contribution is 2.29. The van der Waals surface area contributed by atoms with Gasteiger partial charge < -0.3 is 19.5 Å². The molecule has 194 valence electrons. The van der Waals surface area contributed by atoms with Gasteiger partial charge in [0.05, 0.1) is 17.2 Å². The number of imide groups is 1. The number of carbonyl (C=O) groups is 2. The number of hydrogen-bond acceptors (Lipinski definition) is 6. The summed E-state index contributed by atoms with van der Waals surface area (Å²) in [5.74, 6) is 1.13. The van der Waals surface area contributed by atoms with Gasteiger partial charge in [0.25, 0.3) is 0 Å². The maximum atomic E-state index is 11.5. The molecule has 0 unspecified atom stereocenters. The quantitative estimate of drug-likeness (QED) is 0.370. The lowest BCUT2D eigenvalue weighted by Gasteiger charge is -2.27. The number of carbonyl (C=O) groups excluding carboxylic acids is 2. The van der Waals surface area contributed by atoms with Crippen LogP contribution in [0.5, 0.6) is 11.5 Å². The number of halogens is 1. The average Bonchev–Trinajstić information content (AvgIpc) is 3.06. The molecule has 0 spiro atoms. The molecule has 2 aromatic carbocycles. The van der Waals surface area contributed by atoms with E-state index in [1.165, 1.54) is 10.5 Å². The molecule has 3 amide bonds. The Morgan fingerprint density at radius 1 is 1.08 bits per heavy atom. The first-order valence-corrected chi connectivity index (χ1v) is 12.8. The summed E-state index contributed by atoms with van der Waals surface area (Å²) >= 11 is 6.24. The SMILES string of the molecule is Cc1ccc(Cl)c(OC[C@]2(O)CCCN(Cc3ccc(OCCCN4CC(=O)NC4=O)cc3)CC2)c1. The Morgan fingerprint density at radius 3 is 2.64 bits per heavy atom. The van der Waals surface area contributed by atoms with E-state index in [2.05, 4.69) is 22.3 Å². The number of nitrogens with one attached hydrogen (secondary N) is 1. The number of hydrogen-bond donors (Lipinski definition) is 2. The molecule has 0 saturated carbocycles. The van der Waals surface area contributed by atoms with Gasteiger partial charge in [0, 0.05) is 19.6 Å². The summed E-state index contributed by atoms with van der Waals surface area (Å²) in [7, 11) is 0. The molecule has 0 aliphatic carbocycles. The summed E-state index contributed by atoms with van der Waals surface area (Å²) in [4.78, 5) is 26.6. The number of likely N-dealkylation sites (tertiary alicyclic amines) is 1. The molecule has 2 N–H and O–H groups in total. The predicted molar refractivity (Wildman–Crippen MR) is 137 cm³/mol. The molecule has 2 aliphatic heterocycles. The van der Waals surface area contributed by atoms with Crippen molar-refractivity contribution < 1.29 is 24.2 Å². The second-order valence-corrected chi connectivity index (χ2v) is 10.1. The van der Waals surface area contributed by atoms with Gasteiger partial charge >= 0.3 is 6.03 Å². The summed E-state index contributed by atoms with van der Waals surface area (Å²) < 4.78 is 11.7. The first-order chi connectivity index (χ1) is 17.3. The van der Waals surface area contributed by atoms with Crippen LogP contribution in [0.25, 0.3) is 0 Å². The standard InChI is InChI=1S/C27H34ClN3O5/c1-20-4-9-23(28)24(16-20)36-19-27(34)10-2-12-30(14-11-27)17-21-5-7-22(8-6-21)35-15-3-13-31-18-25(32)29-26(31)33/h4-9,16,34H,2-3,10-15,17-19H2,1H3,(H,29,32,33)/t27-/m0/s1. The predicted octanol–water partition coefficient (Wildman–Crippen LogP) is 3.77. The zero-order valence-electron chi connectivity index (χ0n) is 20.7. The minimum absolute atomic E-state index is 0.121. The zero-order valence-corrected chi connectivity index (χ0v) is 21.4. The van der Waals surface area contributed by atoms with Crippen LogP contribution in [0.2, 0.25) is 5.02 Å². The number of rotatable bonds is 10. The van der Waals surface area contributed by atoms with E-state index >= 15 is 0 Å². The van der Waals surface area contributed by atoms with E-state index in [0.717, 1.165) is 37.4 Å². The number of nitrogens with zero attached hydrogens (tertiary/aromatic N) is 2. The Kier molecular flexibility index (Phi) is 8.72. The molecule has 2 aromatic rings. The molecule has 1 atom stereocenters. The second kappa shape index (κ2) is 12.0. The van der Waals surface area contributed by atoms with Gasteiger partial charge in [0.2, 0.25) is 5.91 Å². The molecule has 2 saturated heterocycles. The fourth-order valence-electron chi connectivity index (χ4n) is 4.53. The molecule has 4 rings (SSSR count). The third kappa shape index (κ3) is 7.35. The van der Waals surface area contributed by atoms with Crippen LogP contribution < -0.4 is 14.8 Å². The lowest BCUT2D eigenvalue weighted by Crippen LogP contribution is -2.37. The first-order valence-electron chi connectivity index (χ1n) is 12.4. The maximum absolute atomic E-state index is 11.5. The highest BCUT2D eigenvalue weighted by Gasteiger charge is 2.31. The highest BCUT2D eigenvalue weighted by molar-refractivity contribution is 6.32. The van der Waals surface area contributed by atoms with Crippen molar-refractivity contribution in [1.82, 2.24) is 15.1 Å². The molecule has 9 heteroatoms. The van der Waals surface area contributed by atoms with Gasteiger partial charge in [0.1, 0.15) is 24.7 Å². The van der Waals surface area contributed by atoms with Gasteiger partial charge in [-0.05, 0) is 74.5 Å². The fourth-order valence-corrected chi connectivity index (χ4v) is 4.70. The molecule has 2 heterocycles. The average molecular weight is 516 g/mol. The lowest BCUT2D eigenvalue weighted by atomic mass is 9.96. The number of aliphatic hydroxyl groups is 1. The molecular weight excluding hydrogens is 482 g/mol. The lowest BCUT2D eigenvalue weighted by molar-refractivity contribution is -0.118. The van der Waals surface area contributed by atoms with E-state index in [1.54, 1.807) is 0 Å². The number of ether oxygens (including phenoxy) is 2. The molecule has 2 fully saturated rings. The van der Waals surface area contributed by atoms with Crippen molar-refractivity contribution in [3.8, 4) is 11.5 Å². The second-order valence-electron chi connectivity index (χ2n) is 9.70. The van der Waals surface area contributed by atoms with E-state index in [-0.39, 0.29) is 25.1 Å². The number of aryl methyl sites for hydroxylation is 1. The highest BCUT2D eigenvalue weighted by atomic mass is 35.5. The van der Waals surface area contributed by atoms with Crippen molar-refractivity contribution >= 4 is 23.5 Å². The monoisotopic (exact) mass is 515 g/mol. The van der Waals surface area contributed by atoms with E-state index in [1.807, 2.05) is 37.3 Å². The summed E-state index contributed by atoms with van der Waals surface area (Å²) in [6.07, 6.45) is 2.87. The number of benzene rings is 2. The van der Waals surface area contributed by atoms with Crippen molar-refractivity contribution in [1.29, 1.82) is 0 Å². The molecule has 0 bridgehead atoms. The van der Waals surface area contributed by atoms with Gasteiger partial charge in [-0.3, -0.25) is 15.0 Å². The van der Waals surface area contributed by atoms with Crippen LogP contribution in [-0.4, -0.2) is 71.8 Å². The van der Waals surface area contributed by atoms with Crippen molar-refractivity contribution in [3.05, 3.63) is 58.6 Å². The number of amides is 3. The van der Waals surface area contributed by atoms with E-state index in [0.29, 0.717) is 43.2 Å². The van der Waals surface area contributed by atoms with Crippen LogP contribution in [0.3, 0.4) is 0 Å². The van der Waals surface area contributed by atoms with Crippen LogP contribution in [0.4, 0.5) is 4.79 Å². The fraction of sp³-hybridized carbons (Fsp3) is 0.481. The summed E-state index contributed by atoms with van der Waals surface area (Å²) in [6, 6.07) is 13.3. The van der Waals surface area contributed by atoms with Crippen LogP contribution in [-0.2, 0) is 11.3 Å². The van der Waals surface area contributed by atoms with Crippen LogP contribution in [0.15, 0.2) is 42.5 Å². The van der Waals surface area contributed by atoms with Crippen molar-refractivity contribution in [3.63, 3.8) is 0 Å². The van der Waals surface area contributed by atoms with Gasteiger partial charge in [-0.2, -0.15) is 0 Å². The Labute approximate surface area is 217 Å². The van der Waals surface area contributed by atoms with Gasteiger partial charge in [-0.15, -0.1) is 0 Å². The zero-order chi connectivity index (χ0) is 25.5. The minimum Gasteiger partial charge on any atom is -0.494 e. The van der Waals surface area contributed by atoms with Crippen LogP contribution >= 0.6 is 11.6 Å². The Balaban J connectivity index is 1.19. The Bertz CT molecular complexity index is 1060. The molecular formula is C27H34ClN3O5. The molecule has 8 nitrogen and oxygen atoms in total. The Morgan fingerprint density at radius 2 is 1.89 bits per heavy atom. The largest absolute Gasteiger partial charge is 0.494 e. The molecule has 2 aliphatic rings. The minimum atomic E-state index is -0.872. The van der Waals surface area contributed by atoms with Gasteiger partial charge in [-0.25, -0.2) is 4.79 Å². The molecule has 0 radical (unpaired) electrons. The van der Waals surface area contributed by atoms with Gasteiger partial charge in [-0.1, -0.05) is 29.8 Å². The summed E-state index contributed by atoms with van der Waals surface area (Å²) in [5.41, 5.74) is 1.38. The van der Waals surface area contributed by atoms with E-state index in [4.69, 9.17) is 21.1 Å². The van der Waals surface area contributed by atoms with E-state index < -0.39 is 5.60 Å².